The molecule has 0 unspecified atom stereocenters. The second kappa shape index (κ2) is 7.49. The second-order valence-corrected chi connectivity index (χ2v) is 9.68. The van der Waals surface area contributed by atoms with Gasteiger partial charge in [0.1, 0.15) is 11.3 Å². The van der Waals surface area contributed by atoms with Gasteiger partial charge in [-0.25, -0.2) is 13.4 Å². The molecule has 150 valence electrons. The Morgan fingerprint density at radius 3 is 2.79 bits per heavy atom. The van der Waals surface area contributed by atoms with Gasteiger partial charge in [0.25, 0.3) is 5.91 Å². The van der Waals surface area contributed by atoms with E-state index in [-0.39, 0.29) is 11.5 Å². The summed E-state index contributed by atoms with van der Waals surface area (Å²) in [6.45, 7) is 2.47. The molecule has 0 aliphatic rings. The van der Waals surface area contributed by atoms with E-state index >= 15 is 0 Å². The summed E-state index contributed by atoms with van der Waals surface area (Å²) >= 11 is 1.30. The highest BCUT2D eigenvalue weighted by Crippen LogP contribution is 2.31. The first kappa shape index (κ1) is 19.4. The van der Waals surface area contributed by atoms with E-state index in [4.69, 9.17) is 9.15 Å². The summed E-state index contributed by atoms with van der Waals surface area (Å²) in [5.74, 6) is -0.117. The van der Waals surface area contributed by atoms with Crippen molar-refractivity contribution in [1.82, 2.24) is 4.98 Å². The lowest BCUT2D eigenvalue weighted by Gasteiger charge is -2.02. The van der Waals surface area contributed by atoms with E-state index in [0.717, 1.165) is 22.2 Å². The van der Waals surface area contributed by atoms with Crippen LogP contribution in [0, 0.1) is 0 Å². The van der Waals surface area contributed by atoms with Crippen LogP contribution in [0.15, 0.2) is 46.9 Å². The Balaban J connectivity index is 1.69. The number of para-hydroxylation sites is 1. The number of aromatic nitrogens is 1. The van der Waals surface area contributed by atoms with Gasteiger partial charge in [-0.3, -0.25) is 10.1 Å². The van der Waals surface area contributed by atoms with Crippen LogP contribution in [0.3, 0.4) is 0 Å². The van der Waals surface area contributed by atoms with Gasteiger partial charge in [0.15, 0.2) is 20.7 Å². The minimum atomic E-state index is -3.37. The molecule has 1 N–H and O–H groups in total. The van der Waals surface area contributed by atoms with Gasteiger partial charge in [0.05, 0.1) is 22.6 Å². The Kier molecular flexibility index (Phi) is 5.01. The van der Waals surface area contributed by atoms with Crippen molar-refractivity contribution in [2.45, 2.75) is 12.7 Å². The maximum Gasteiger partial charge on any atom is 0.293 e. The Morgan fingerprint density at radius 1 is 1.24 bits per heavy atom. The number of benzene rings is 2. The first-order valence-corrected chi connectivity index (χ1v) is 11.7. The number of sulfone groups is 1. The number of anilines is 1. The molecular weight excluding hydrogens is 412 g/mol. The van der Waals surface area contributed by atoms with Gasteiger partial charge in [0.2, 0.25) is 0 Å². The second-order valence-electron chi connectivity index (χ2n) is 6.51. The smallest absolute Gasteiger partial charge is 0.293 e. The highest BCUT2D eigenvalue weighted by molar-refractivity contribution is 7.89. The van der Waals surface area contributed by atoms with Gasteiger partial charge in [-0.15, -0.1) is 0 Å². The molecule has 0 aliphatic heterocycles. The van der Waals surface area contributed by atoms with Crippen LogP contribution >= 0.6 is 11.3 Å². The van der Waals surface area contributed by atoms with E-state index in [2.05, 4.69) is 10.3 Å². The molecule has 2 aromatic heterocycles. The van der Waals surface area contributed by atoms with E-state index in [1.807, 2.05) is 25.1 Å². The van der Waals surface area contributed by atoms with Crippen LogP contribution in [0.25, 0.3) is 21.2 Å². The van der Waals surface area contributed by atoms with E-state index in [1.54, 1.807) is 24.3 Å². The number of hydrogen-bond donors (Lipinski definition) is 1. The predicted molar refractivity (Wildman–Crippen MR) is 114 cm³/mol. The third-order valence-corrected chi connectivity index (χ3v) is 5.95. The molecule has 9 heteroatoms. The van der Waals surface area contributed by atoms with Crippen molar-refractivity contribution < 1.29 is 22.4 Å². The van der Waals surface area contributed by atoms with E-state index in [9.17, 15) is 13.2 Å². The molecule has 0 bridgehead atoms. The number of fused-ring (bicyclic) bond motifs is 2. The fraction of sp³-hybridized carbons (Fsp3) is 0.200. The standard InChI is InChI=1S/C20H18N2O5S2/c1-3-26-12-8-9-15-17(10-12)28-20(21-15)22-19(23)18-14(11-29(2,24)25)13-6-4-5-7-16(13)27-18/h4-10H,3,11H2,1-2H3,(H,21,22,23). The van der Waals surface area contributed by atoms with E-state index in [0.29, 0.717) is 28.3 Å². The van der Waals surface area contributed by atoms with Crippen molar-refractivity contribution in [3.63, 3.8) is 0 Å². The lowest BCUT2D eigenvalue weighted by Crippen LogP contribution is -2.14. The molecule has 2 aromatic carbocycles. The molecule has 0 radical (unpaired) electrons. The summed E-state index contributed by atoms with van der Waals surface area (Å²) in [6.07, 6.45) is 1.12. The highest BCUT2D eigenvalue weighted by atomic mass is 32.2. The Hall–Kier alpha value is -2.91. The van der Waals surface area contributed by atoms with Gasteiger partial charge < -0.3 is 9.15 Å². The number of carbonyl (C=O) groups is 1. The Morgan fingerprint density at radius 2 is 2.03 bits per heavy atom. The topological polar surface area (TPSA) is 98.5 Å². The third-order valence-electron chi connectivity index (χ3n) is 4.20. The zero-order chi connectivity index (χ0) is 20.6. The summed E-state index contributed by atoms with van der Waals surface area (Å²) in [7, 11) is -3.37. The zero-order valence-corrected chi connectivity index (χ0v) is 17.4. The minimum absolute atomic E-state index is 0.0223. The van der Waals surface area contributed by atoms with Crippen molar-refractivity contribution in [3.05, 3.63) is 53.8 Å². The monoisotopic (exact) mass is 430 g/mol. The number of furan rings is 1. The van der Waals surface area contributed by atoms with Crippen LogP contribution in [0.5, 0.6) is 5.75 Å². The summed E-state index contributed by atoms with van der Waals surface area (Å²) in [5.41, 5.74) is 1.54. The molecule has 0 atom stereocenters. The number of carbonyl (C=O) groups excluding carboxylic acids is 1. The van der Waals surface area contributed by atoms with Crippen molar-refractivity contribution in [2.75, 3.05) is 18.2 Å². The lowest BCUT2D eigenvalue weighted by atomic mass is 10.1. The van der Waals surface area contributed by atoms with Crippen molar-refractivity contribution in [3.8, 4) is 5.75 Å². The molecule has 0 spiro atoms. The molecule has 0 saturated carbocycles. The van der Waals surface area contributed by atoms with Crippen LogP contribution in [0.4, 0.5) is 5.13 Å². The van der Waals surface area contributed by atoms with Gasteiger partial charge >= 0.3 is 0 Å². The zero-order valence-electron chi connectivity index (χ0n) is 15.8. The van der Waals surface area contributed by atoms with Gasteiger partial charge in [-0.05, 0) is 31.2 Å². The summed E-state index contributed by atoms with van der Waals surface area (Å²) in [4.78, 5) is 17.3. The molecular formula is C20H18N2O5S2. The quantitative estimate of drug-likeness (QED) is 0.491. The SMILES string of the molecule is CCOc1ccc2nc(NC(=O)c3oc4ccccc4c3CS(C)(=O)=O)sc2c1. The molecule has 1 amide bonds. The average Bonchev–Trinajstić information content (AvgIpc) is 3.21. The summed E-state index contributed by atoms with van der Waals surface area (Å²) in [5, 5.41) is 3.72. The van der Waals surface area contributed by atoms with Crippen LogP contribution in [0.2, 0.25) is 0 Å². The summed E-state index contributed by atoms with van der Waals surface area (Å²) < 4.78 is 35.8. The molecule has 4 aromatic rings. The van der Waals surface area contributed by atoms with Crippen molar-refractivity contribution in [1.29, 1.82) is 0 Å². The predicted octanol–water partition coefficient (Wildman–Crippen LogP) is 4.24. The number of amides is 1. The maximum atomic E-state index is 12.9. The molecule has 0 saturated heterocycles. The Labute approximate surface area is 171 Å². The average molecular weight is 431 g/mol. The maximum absolute atomic E-state index is 12.9. The largest absolute Gasteiger partial charge is 0.494 e. The normalized spacial score (nSPS) is 11.8. The van der Waals surface area contributed by atoms with Crippen LogP contribution in [-0.2, 0) is 15.6 Å². The van der Waals surface area contributed by atoms with Crippen LogP contribution in [-0.4, -0.2) is 32.2 Å². The molecule has 2 heterocycles. The van der Waals surface area contributed by atoms with Crippen molar-refractivity contribution >= 4 is 53.4 Å². The number of hydrogen-bond acceptors (Lipinski definition) is 7. The van der Waals surface area contributed by atoms with Gasteiger partial charge in [0, 0.05) is 17.2 Å². The fourth-order valence-corrected chi connectivity index (χ4v) is 4.76. The third kappa shape index (κ3) is 4.10. The number of thiazole rings is 1. The van der Waals surface area contributed by atoms with Crippen LogP contribution < -0.4 is 10.1 Å². The number of ether oxygens (including phenoxy) is 1. The number of nitrogens with one attached hydrogen (secondary N) is 1. The minimum Gasteiger partial charge on any atom is -0.494 e. The molecule has 4 rings (SSSR count). The van der Waals surface area contributed by atoms with Gasteiger partial charge in [-0.2, -0.15) is 0 Å². The first-order chi connectivity index (χ1) is 13.8. The summed E-state index contributed by atoms with van der Waals surface area (Å²) in [6, 6.07) is 12.5. The van der Waals surface area contributed by atoms with Crippen LogP contribution in [0.1, 0.15) is 23.0 Å². The fourth-order valence-electron chi connectivity index (χ4n) is 3.06. The lowest BCUT2D eigenvalue weighted by molar-refractivity contribution is 0.0998. The van der Waals surface area contributed by atoms with E-state index in [1.165, 1.54) is 11.3 Å². The van der Waals surface area contributed by atoms with Crippen molar-refractivity contribution in [2.24, 2.45) is 0 Å². The number of rotatable bonds is 6. The van der Waals surface area contributed by atoms with E-state index < -0.39 is 15.7 Å². The molecule has 7 nitrogen and oxygen atoms in total. The van der Waals surface area contributed by atoms with Gasteiger partial charge in [-0.1, -0.05) is 29.5 Å². The number of nitrogens with zero attached hydrogens (tertiary/aromatic N) is 1. The highest BCUT2D eigenvalue weighted by Gasteiger charge is 2.24. The molecule has 0 fully saturated rings. The molecule has 29 heavy (non-hydrogen) atoms. The molecule has 0 aliphatic carbocycles. The first-order valence-electron chi connectivity index (χ1n) is 8.87. The Bertz CT molecular complexity index is 1320.